The van der Waals surface area contributed by atoms with E-state index in [1.54, 1.807) is 11.0 Å². The average Bonchev–Trinajstić information content (AvgIpc) is 2.43. The third kappa shape index (κ3) is 2.98. The van der Waals surface area contributed by atoms with Gasteiger partial charge in [0.25, 0.3) is 5.92 Å². The monoisotopic (exact) mass is 293 g/mol. The number of hydrogen-bond acceptors (Lipinski definition) is 1. The SMILES string of the molecule is Fc1cc(Br)cc(CN2CCC(F)(F)C2)c1. The smallest absolute Gasteiger partial charge is 0.261 e. The molecule has 1 aliphatic rings. The van der Waals surface area contributed by atoms with Crippen molar-refractivity contribution in [2.24, 2.45) is 0 Å². The van der Waals surface area contributed by atoms with E-state index >= 15 is 0 Å². The summed E-state index contributed by atoms with van der Waals surface area (Å²) < 4.78 is 39.6. The Labute approximate surface area is 100 Å². The maximum absolute atomic E-state index is 13.1. The van der Waals surface area contributed by atoms with Crippen LogP contribution in [0.5, 0.6) is 0 Å². The summed E-state index contributed by atoms with van der Waals surface area (Å²) in [5, 5.41) is 0. The molecular formula is C11H11BrF3N. The topological polar surface area (TPSA) is 3.24 Å². The van der Waals surface area contributed by atoms with Gasteiger partial charge in [-0.05, 0) is 23.8 Å². The van der Waals surface area contributed by atoms with Crippen molar-refractivity contribution in [3.05, 3.63) is 34.1 Å². The lowest BCUT2D eigenvalue weighted by Crippen LogP contribution is -2.24. The van der Waals surface area contributed by atoms with Crippen molar-refractivity contribution in [3.8, 4) is 0 Å². The maximum Gasteiger partial charge on any atom is 0.261 e. The van der Waals surface area contributed by atoms with Crippen LogP contribution in [-0.4, -0.2) is 23.9 Å². The first-order valence-corrected chi connectivity index (χ1v) is 5.79. The van der Waals surface area contributed by atoms with Crippen LogP contribution in [0.15, 0.2) is 22.7 Å². The molecule has 0 aliphatic carbocycles. The fourth-order valence-corrected chi connectivity index (χ4v) is 2.42. The third-order valence-electron chi connectivity index (χ3n) is 2.58. The highest BCUT2D eigenvalue weighted by Gasteiger charge is 2.37. The first-order chi connectivity index (χ1) is 7.44. The number of likely N-dealkylation sites (tertiary alicyclic amines) is 1. The molecule has 0 amide bonds. The van der Waals surface area contributed by atoms with Crippen LogP contribution in [0, 0.1) is 5.82 Å². The molecule has 2 rings (SSSR count). The molecule has 0 aromatic heterocycles. The van der Waals surface area contributed by atoms with Crippen molar-refractivity contribution in [1.82, 2.24) is 4.90 Å². The van der Waals surface area contributed by atoms with Gasteiger partial charge in [-0.3, -0.25) is 4.90 Å². The Hall–Kier alpha value is -0.550. The van der Waals surface area contributed by atoms with Gasteiger partial charge in [0.1, 0.15) is 5.82 Å². The molecule has 0 unspecified atom stereocenters. The molecule has 1 heterocycles. The van der Waals surface area contributed by atoms with Crippen LogP contribution in [0.25, 0.3) is 0 Å². The summed E-state index contributed by atoms with van der Waals surface area (Å²) in [4.78, 5) is 1.64. The fourth-order valence-electron chi connectivity index (χ4n) is 1.90. The highest BCUT2D eigenvalue weighted by atomic mass is 79.9. The molecule has 0 radical (unpaired) electrons. The van der Waals surface area contributed by atoms with E-state index < -0.39 is 5.92 Å². The Morgan fingerprint density at radius 2 is 2.06 bits per heavy atom. The van der Waals surface area contributed by atoms with Crippen molar-refractivity contribution in [2.45, 2.75) is 18.9 Å². The van der Waals surface area contributed by atoms with Gasteiger partial charge < -0.3 is 0 Å². The van der Waals surface area contributed by atoms with Gasteiger partial charge in [-0.25, -0.2) is 13.2 Å². The van der Waals surface area contributed by atoms with Gasteiger partial charge in [0.15, 0.2) is 0 Å². The van der Waals surface area contributed by atoms with Gasteiger partial charge >= 0.3 is 0 Å². The van der Waals surface area contributed by atoms with Crippen LogP contribution < -0.4 is 0 Å². The molecule has 88 valence electrons. The summed E-state index contributed by atoms with van der Waals surface area (Å²) in [6.07, 6.45) is -0.108. The van der Waals surface area contributed by atoms with Crippen molar-refractivity contribution in [3.63, 3.8) is 0 Å². The largest absolute Gasteiger partial charge is 0.293 e. The first kappa shape index (κ1) is 11.9. The Morgan fingerprint density at radius 1 is 1.31 bits per heavy atom. The number of benzene rings is 1. The van der Waals surface area contributed by atoms with Crippen LogP contribution in [0.1, 0.15) is 12.0 Å². The van der Waals surface area contributed by atoms with Crippen molar-refractivity contribution in [1.29, 1.82) is 0 Å². The van der Waals surface area contributed by atoms with Gasteiger partial charge in [-0.2, -0.15) is 0 Å². The second-order valence-electron chi connectivity index (χ2n) is 4.09. The summed E-state index contributed by atoms with van der Waals surface area (Å²) in [5.41, 5.74) is 0.713. The van der Waals surface area contributed by atoms with Crippen LogP contribution in [0.4, 0.5) is 13.2 Å². The molecule has 1 aliphatic heterocycles. The van der Waals surface area contributed by atoms with Gasteiger partial charge in [-0.15, -0.1) is 0 Å². The van der Waals surface area contributed by atoms with Crippen LogP contribution in [0.2, 0.25) is 0 Å². The molecule has 1 saturated heterocycles. The van der Waals surface area contributed by atoms with Gasteiger partial charge in [0.2, 0.25) is 0 Å². The Bertz CT molecular complexity index is 375. The lowest BCUT2D eigenvalue weighted by atomic mass is 10.2. The molecular weight excluding hydrogens is 283 g/mol. The summed E-state index contributed by atoms with van der Waals surface area (Å²) in [7, 11) is 0. The van der Waals surface area contributed by atoms with E-state index in [1.165, 1.54) is 12.1 Å². The number of nitrogens with zero attached hydrogens (tertiary/aromatic N) is 1. The van der Waals surface area contributed by atoms with E-state index in [2.05, 4.69) is 15.9 Å². The lowest BCUT2D eigenvalue weighted by molar-refractivity contribution is 0.0115. The molecule has 1 fully saturated rings. The summed E-state index contributed by atoms with van der Waals surface area (Å²) in [6, 6.07) is 4.48. The van der Waals surface area contributed by atoms with Crippen molar-refractivity contribution in [2.75, 3.05) is 13.1 Å². The molecule has 1 nitrogen and oxygen atoms in total. The molecule has 1 aromatic rings. The van der Waals surface area contributed by atoms with Crippen LogP contribution in [0.3, 0.4) is 0 Å². The van der Waals surface area contributed by atoms with Crippen molar-refractivity contribution < 1.29 is 13.2 Å². The zero-order chi connectivity index (χ0) is 11.8. The van der Waals surface area contributed by atoms with E-state index in [0.717, 1.165) is 0 Å². The normalized spacial score (nSPS) is 20.2. The van der Waals surface area contributed by atoms with E-state index in [4.69, 9.17) is 0 Å². The van der Waals surface area contributed by atoms with E-state index in [1.807, 2.05) is 0 Å². The van der Waals surface area contributed by atoms with Gasteiger partial charge in [0, 0.05) is 24.0 Å². The molecule has 0 bridgehead atoms. The Kier molecular flexibility index (Phi) is 3.26. The van der Waals surface area contributed by atoms with Gasteiger partial charge in [-0.1, -0.05) is 15.9 Å². The number of hydrogen-bond donors (Lipinski definition) is 0. The standard InChI is InChI=1S/C11H11BrF3N/c12-9-3-8(4-10(13)5-9)6-16-2-1-11(14,15)7-16/h3-5H,1-2,6-7H2. The molecule has 5 heteroatoms. The minimum atomic E-state index is -2.59. The minimum absolute atomic E-state index is 0.108. The zero-order valence-corrected chi connectivity index (χ0v) is 10.1. The van der Waals surface area contributed by atoms with Crippen molar-refractivity contribution >= 4 is 15.9 Å². The third-order valence-corrected chi connectivity index (χ3v) is 3.04. The predicted octanol–water partition coefficient (Wildman–Crippen LogP) is 3.43. The second kappa shape index (κ2) is 4.37. The van der Waals surface area contributed by atoms with E-state index in [9.17, 15) is 13.2 Å². The molecule has 0 saturated carbocycles. The number of alkyl halides is 2. The van der Waals surface area contributed by atoms with Crippen LogP contribution in [-0.2, 0) is 6.54 Å². The van der Waals surface area contributed by atoms with E-state index in [0.29, 0.717) is 23.1 Å². The highest BCUT2D eigenvalue weighted by molar-refractivity contribution is 9.10. The predicted molar refractivity (Wildman–Crippen MR) is 58.9 cm³/mol. The van der Waals surface area contributed by atoms with Crippen LogP contribution >= 0.6 is 15.9 Å². The quantitative estimate of drug-likeness (QED) is 0.807. The summed E-state index contributed by atoms with van der Waals surface area (Å²) >= 11 is 3.18. The molecule has 0 N–H and O–H groups in total. The Morgan fingerprint density at radius 3 is 2.62 bits per heavy atom. The van der Waals surface area contributed by atoms with Gasteiger partial charge in [0.05, 0.1) is 6.54 Å². The second-order valence-corrected chi connectivity index (χ2v) is 5.01. The first-order valence-electron chi connectivity index (χ1n) is 5.00. The molecule has 0 spiro atoms. The van der Waals surface area contributed by atoms with E-state index in [-0.39, 0.29) is 18.8 Å². The molecule has 1 aromatic carbocycles. The summed E-state index contributed by atoms with van der Waals surface area (Å²) in [5.74, 6) is -2.94. The minimum Gasteiger partial charge on any atom is -0.293 e. The highest BCUT2D eigenvalue weighted by Crippen LogP contribution is 2.28. The fraction of sp³-hybridized carbons (Fsp3) is 0.455. The number of halogens is 4. The molecule has 0 atom stereocenters. The zero-order valence-electron chi connectivity index (χ0n) is 8.52. The lowest BCUT2D eigenvalue weighted by Gasteiger charge is -2.15. The molecule has 16 heavy (non-hydrogen) atoms. The average molecular weight is 294 g/mol. The number of rotatable bonds is 2. The Balaban J connectivity index is 2.05. The maximum atomic E-state index is 13.1. The summed E-state index contributed by atoms with van der Waals surface area (Å²) in [6.45, 7) is 0.494.